The van der Waals surface area contributed by atoms with E-state index in [1.807, 2.05) is 19.9 Å². The van der Waals surface area contributed by atoms with Crippen molar-refractivity contribution < 1.29 is 13.2 Å². The minimum absolute atomic E-state index is 0.142. The van der Waals surface area contributed by atoms with Gasteiger partial charge in [0.25, 0.3) is 0 Å². The lowest BCUT2D eigenvalue weighted by Gasteiger charge is -2.02. The molecule has 6 heteroatoms. The molecule has 2 heterocycles. The van der Waals surface area contributed by atoms with Crippen LogP contribution in [0.1, 0.15) is 21.7 Å². The molecule has 0 saturated heterocycles. The fraction of sp³-hybridized carbons (Fsp3) is 0.364. The Kier molecular flexibility index (Phi) is 2.77. The zero-order valence-corrected chi connectivity index (χ0v) is 10.4. The average Bonchev–Trinajstić information content (AvgIpc) is 2.68. The van der Waals surface area contributed by atoms with E-state index >= 15 is 0 Å². The van der Waals surface area contributed by atoms with E-state index < -0.39 is 11.9 Å². The van der Waals surface area contributed by atoms with Crippen molar-refractivity contribution in [3.05, 3.63) is 34.0 Å². The number of aromatic nitrogens is 2. The lowest BCUT2D eigenvalue weighted by molar-refractivity contribution is -0.141. The third-order valence-corrected chi connectivity index (χ3v) is 3.53. The lowest BCUT2D eigenvalue weighted by atomic mass is 10.3. The topological polar surface area (TPSA) is 17.8 Å². The van der Waals surface area contributed by atoms with Gasteiger partial charge in [0.1, 0.15) is 5.00 Å². The summed E-state index contributed by atoms with van der Waals surface area (Å²) in [7, 11) is 0. The third-order valence-electron chi connectivity index (χ3n) is 2.39. The van der Waals surface area contributed by atoms with Gasteiger partial charge >= 0.3 is 6.18 Å². The molecule has 2 rings (SSSR count). The quantitative estimate of drug-likeness (QED) is 0.761. The molecule has 92 valence electrons. The van der Waals surface area contributed by atoms with Gasteiger partial charge in [0.2, 0.25) is 0 Å². The summed E-state index contributed by atoms with van der Waals surface area (Å²) in [6, 6.07) is 1.93. The normalized spacial score (nSPS) is 12.1. The van der Waals surface area contributed by atoms with Crippen molar-refractivity contribution >= 4 is 11.3 Å². The second-order valence-corrected chi connectivity index (χ2v) is 5.18. The van der Waals surface area contributed by atoms with Crippen LogP contribution in [0.2, 0.25) is 0 Å². The summed E-state index contributed by atoms with van der Waals surface area (Å²) >= 11 is 1.43. The van der Waals surface area contributed by atoms with E-state index in [0.717, 1.165) is 15.4 Å². The molecule has 0 saturated carbocycles. The Morgan fingerprint density at radius 3 is 2.24 bits per heavy atom. The number of nitrogens with zero attached hydrogens (tertiary/aromatic N) is 2. The number of hydrogen-bond acceptors (Lipinski definition) is 2. The molecular formula is C11H11F3N2S. The predicted molar refractivity (Wildman–Crippen MR) is 60.7 cm³/mol. The van der Waals surface area contributed by atoms with Crippen LogP contribution in [-0.4, -0.2) is 9.78 Å². The number of rotatable bonds is 1. The molecule has 0 N–H and O–H groups in total. The molecule has 0 aliphatic rings. The van der Waals surface area contributed by atoms with Gasteiger partial charge in [0.05, 0.1) is 0 Å². The van der Waals surface area contributed by atoms with E-state index in [0.29, 0.717) is 0 Å². The van der Waals surface area contributed by atoms with Crippen LogP contribution >= 0.6 is 11.3 Å². The molecule has 0 bridgehead atoms. The fourth-order valence-corrected chi connectivity index (χ4v) is 2.65. The van der Waals surface area contributed by atoms with E-state index in [2.05, 4.69) is 5.10 Å². The molecule has 2 aromatic rings. The molecule has 2 aromatic heterocycles. The van der Waals surface area contributed by atoms with E-state index in [-0.39, 0.29) is 5.56 Å². The number of alkyl halides is 3. The van der Waals surface area contributed by atoms with E-state index in [4.69, 9.17) is 0 Å². The Bertz CT molecular complexity index is 552. The molecule has 0 aliphatic heterocycles. The molecule has 0 amide bonds. The Balaban J connectivity index is 2.52. The first-order valence-corrected chi connectivity index (χ1v) is 5.81. The molecule has 0 aromatic carbocycles. The van der Waals surface area contributed by atoms with Crippen molar-refractivity contribution in [3.63, 3.8) is 0 Å². The van der Waals surface area contributed by atoms with Crippen molar-refractivity contribution in [3.8, 4) is 5.00 Å². The summed E-state index contributed by atoms with van der Waals surface area (Å²) in [5.41, 5.74) is 0.259. The SMILES string of the molecule is Cc1cc(C)c(-n2cc(C)c(C(F)(F)F)n2)s1. The average molecular weight is 260 g/mol. The van der Waals surface area contributed by atoms with Crippen LogP contribution < -0.4 is 0 Å². The largest absolute Gasteiger partial charge is 0.435 e. The van der Waals surface area contributed by atoms with Gasteiger partial charge in [-0.25, -0.2) is 4.68 Å². The van der Waals surface area contributed by atoms with Crippen molar-refractivity contribution in [2.75, 3.05) is 0 Å². The Labute approximate surface area is 101 Å². The maximum Gasteiger partial charge on any atom is 0.435 e. The number of thiophene rings is 1. The fourth-order valence-electron chi connectivity index (χ4n) is 1.70. The van der Waals surface area contributed by atoms with E-state index in [1.165, 1.54) is 29.1 Å². The highest BCUT2D eigenvalue weighted by molar-refractivity contribution is 7.14. The van der Waals surface area contributed by atoms with Gasteiger partial charge < -0.3 is 0 Å². The second-order valence-electron chi connectivity index (χ2n) is 3.95. The molecule has 0 aliphatic carbocycles. The first-order valence-electron chi connectivity index (χ1n) is 5.00. The molecule has 2 nitrogen and oxygen atoms in total. The second kappa shape index (κ2) is 3.87. The number of hydrogen-bond donors (Lipinski definition) is 0. The third kappa shape index (κ3) is 2.22. The lowest BCUT2D eigenvalue weighted by Crippen LogP contribution is -2.08. The van der Waals surface area contributed by atoms with Gasteiger partial charge in [-0.2, -0.15) is 18.3 Å². The summed E-state index contributed by atoms with van der Waals surface area (Å²) in [4.78, 5) is 1.05. The zero-order valence-electron chi connectivity index (χ0n) is 9.59. The smallest absolute Gasteiger partial charge is 0.230 e. The highest BCUT2D eigenvalue weighted by Gasteiger charge is 2.36. The van der Waals surface area contributed by atoms with Crippen LogP contribution in [0.25, 0.3) is 5.00 Å². The Morgan fingerprint density at radius 2 is 1.82 bits per heavy atom. The summed E-state index contributed by atoms with van der Waals surface area (Å²) in [5.74, 6) is 0. The minimum atomic E-state index is -4.39. The number of halogens is 3. The number of aryl methyl sites for hydroxylation is 3. The monoisotopic (exact) mass is 260 g/mol. The molecule has 0 radical (unpaired) electrons. The van der Waals surface area contributed by atoms with Crippen LogP contribution in [-0.2, 0) is 6.18 Å². The molecular weight excluding hydrogens is 249 g/mol. The highest BCUT2D eigenvalue weighted by Crippen LogP contribution is 2.32. The van der Waals surface area contributed by atoms with Gasteiger partial charge in [0.15, 0.2) is 5.69 Å². The summed E-state index contributed by atoms with van der Waals surface area (Å²) in [6.07, 6.45) is -2.98. The summed E-state index contributed by atoms with van der Waals surface area (Å²) in [6.45, 7) is 5.20. The van der Waals surface area contributed by atoms with Gasteiger partial charge in [-0.15, -0.1) is 11.3 Å². The zero-order chi connectivity index (χ0) is 12.8. The van der Waals surface area contributed by atoms with Crippen LogP contribution in [0.4, 0.5) is 13.2 Å². The van der Waals surface area contributed by atoms with Crippen molar-refractivity contribution in [1.82, 2.24) is 9.78 Å². The first kappa shape index (κ1) is 12.2. The molecule has 0 spiro atoms. The highest BCUT2D eigenvalue weighted by atomic mass is 32.1. The van der Waals surface area contributed by atoms with Gasteiger partial charge in [-0.05, 0) is 32.4 Å². The van der Waals surface area contributed by atoms with Crippen LogP contribution in [0, 0.1) is 20.8 Å². The Morgan fingerprint density at radius 1 is 1.18 bits per heavy atom. The predicted octanol–water partition coefficient (Wildman–Crippen LogP) is 3.88. The van der Waals surface area contributed by atoms with Gasteiger partial charge in [0, 0.05) is 16.6 Å². The Hall–Kier alpha value is -1.30. The molecule has 0 atom stereocenters. The maximum atomic E-state index is 12.6. The van der Waals surface area contributed by atoms with Crippen LogP contribution in [0.15, 0.2) is 12.3 Å². The van der Waals surface area contributed by atoms with E-state index in [9.17, 15) is 13.2 Å². The van der Waals surface area contributed by atoms with Gasteiger partial charge in [-0.1, -0.05) is 0 Å². The van der Waals surface area contributed by atoms with Gasteiger partial charge in [-0.3, -0.25) is 0 Å². The molecule has 17 heavy (non-hydrogen) atoms. The first-order chi connectivity index (χ1) is 7.79. The van der Waals surface area contributed by atoms with Crippen LogP contribution in [0.5, 0.6) is 0 Å². The van der Waals surface area contributed by atoms with Crippen LogP contribution in [0.3, 0.4) is 0 Å². The molecule has 0 fully saturated rings. The summed E-state index contributed by atoms with van der Waals surface area (Å²) in [5, 5.41) is 4.36. The van der Waals surface area contributed by atoms with E-state index in [1.54, 1.807) is 0 Å². The standard InChI is InChI=1S/C11H11F3N2S/c1-6-4-8(3)17-10(6)16-5-7(2)9(15-16)11(12,13)14/h4-5H,1-3H3. The van der Waals surface area contributed by atoms with Crippen molar-refractivity contribution in [2.24, 2.45) is 0 Å². The summed E-state index contributed by atoms with van der Waals surface area (Å²) < 4.78 is 39.1. The molecule has 0 unspecified atom stereocenters. The van der Waals surface area contributed by atoms with Crippen molar-refractivity contribution in [2.45, 2.75) is 26.9 Å². The minimum Gasteiger partial charge on any atom is -0.230 e. The maximum absolute atomic E-state index is 12.6. The van der Waals surface area contributed by atoms with Crippen molar-refractivity contribution in [1.29, 1.82) is 0 Å².